The molecule has 21 heavy (non-hydrogen) atoms. The van der Waals surface area contributed by atoms with E-state index < -0.39 is 0 Å². The predicted octanol–water partition coefficient (Wildman–Crippen LogP) is 4.23. The van der Waals surface area contributed by atoms with Crippen molar-refractivity contribution in [1.82, 2.24) is 9.78 Å². The third-order valence-corrected chi connectivity index (χ3v) is 5.65. The van der Waals surface area contributed by atoms with Gasteiger partial charge < -0.3 is 5.11 Å². The summed E-state index contributed by atoms with van der Waals surface area (Å²) < 4.78 is 2.01. The highest BCUT2D eigenvalue weighted by atomic mass is 35.5. The van der Waals surface area contributed by atoms with E-state index in [0.717, 1.165) is 42.2 Å². The van der Waals surface area contributed by atoms with Crippen LogP contribution in [0.2, 0.25) is 5.02 Å². The number of aryl methyl sites for hydroxylation is 2. The zero-order valence-corrected chi connectivity index (χ0v) is 14.7. The quantitative estimate of drug-likeness (QED) is 0.903. The first kappa shape index (κ1) is 16.8. The molecule has 0 radical (unpaired) electrons. The fourth-order valence-corrected chi connectivity index (χ4v) is 4.07. The summed E-state index contributed by atoms with van der Waals surface area (Å²) in [7, 11) is 0. The van der Waals surface area contributed by atoms with Gasteiger partial charge in [0, 0.05) is 6.54 Å². The van der Waals surface area contributed by atoms with Crippen molar-refractivity contribution in [1.29, 1.82) is 0 Å². The minimum atomic E-state index is -0.193. The molecule has 3 unspecified atom stereocenters. The Balaban J connectivity index is 2.21. The summed E-state index contributed by atoms with van der Waals surface area (Å²) in [4.78, 5) is 0. The Morgan fingerprint density at radius 1 is 1.38 bits per heavy atom. The summed E-state index contributed by atoms with van der Waals surface area (Å²) in [6.07, 6.45) is 3.92. The maximum Gasteiger partial charge on any atom is 0.0847 e. The summed E-state index contributed by atoms with van der Waals surface area (Å²) in [5, 5.41) is 15.8. The van der Waals surface area contributed by atoms with Crippen LogP contribution in [0.25, 0.3) is 0 Å². The van der Waals surface area contributed by atoms with Gasteiger partial charge in [-0.25, -0.2) is 0 Å². The maximum atomic E-state index is 10.5. The number of hydrogen-bond donors (Lipinski definition) is 1. The molecule has 1 aliphatic carbocycles. The van der Waals surface area contributed by atoms with Crippen molar-refractivity contribution in [2.45, 2.75) is 73.0 Å². The molecule has 2 rings (SSSR count). The van der Waals surface area contributed by atoms with Gasteiger partial charge in [0.2, 0.25) is 0 Å². The molecule has 0 aromatic carbocycles. The van der Waals surface area contributed by atoms with E-state index in [1.165, 1.54) is 6.42 Å². The fourth-order valence-electron chi connectivity index (χ4n) is 3.86. The molecule has 120 valence electrons. The summed E-state index contributed by atoms with van der Waals surface area (Å²) in [5.74, 6) is 0.976. The second-order valence-electron chi connectivity index (χ2n) is 7.42. The third kappa shape index (κ3) is 3.45. The lowest BCUT2D eigenvalue weighted by Gasteiger charge is -2.42. The van der Waals surface area contributed by atoms with Gasteiger partial charge in [0.15, 0.2) is 0 Å². The van der Waals surface area contributed by atoms with Crippen molar-refractivity contribution < 1.29 is 5.11 Å². The lowest BCUT2D eigenvalue weighted by molar-refractivity contribution is -0.0132. The van der Waals surface area contributed by atoms with Crippen LogP contribution in [0.15, 0.2) is 0 Å². The number of aliphatic hydroxyl groups is 1. The van der Waals surface area contributed by atoms with Gasteiger partial charge in [0.1, 0.15) is 0 Å². The van der Waals surface area contributed by atoms with Gasteiger partial charge in [-0.1, -0.05) is 38.8 Å². The van der Waals surface area contributed by atoms with Crippen LogP contribution in [0.1, 0.15) is 58.3 Å². The molecule has 1 aromatic heterocycles. The average molecular weight is 313 g/mol. The van der Waals surface area contributed by atoms with Crippen molar-refractivity contribution in [3.05, 3.63) is 16.4 Å². The van der Waals surface area contributed by atoms with E-state index in [-0.39, 0.29) is 11.5 Å². The van der Waals surface area contributed by atoms with Crippen LogP contribution in [0.3, 0.4) is 0 Å². The summed E-state index contributed by atoms with van der Waals surface area (Å²) in [6.45, 7) is 11.6. The van der Waals surface area contributed by atoms with E-state index in [1.54, 1.807) is 0 Å². The van der Waals surface area contributed by atoms with E-state index >= 15 is 0 Å². The van der Waals surface area contributed by atoms with Crippen LogP contribution < -0.4 is 0 Å². The van der Waals surface area contributed by atoms with Crippen molar-refractivity contribution in [3.8, 4) is 0 Å². The number of nitrogens with zero attached hydrogens (tertiary/aromatic N) is 2. The van der Waals surface area contributed by atoms with Crippen LogP contribution in [-0.2, 0) is 13.0 Å². The Labute approximate surface area is 133 Å². The Hall–Kier alpha value is -0.540. The van der Waals surface area contributed by atoms with E-state index in [0.29, 0.717) is 11.8 Å². The van der Waals surface area contributed by atoms with Gasteiger partial charge in [-0.15, -0.1) is 0 Å². The average Bonchev–Trinajstić information content (AvgIpc) is 2.65. The fraction of sp³-hybridized carbons (Fsp3) is 0.824. The number of aromatic nitrogens is 2. The number of halogens is 1. The summed E-state index contributed by atoms with van der Waals surface area (Å²) in [5.41, 5.74) is 2.05. The first-order chi connectivity index (χ1) is 9.76. The normalized spacial score (nSPS) is 27.1. The first-order valence-corrected chi connectivity index (χ1v) is 8.54. The van der Waals surface area contributed by atoms with E-state index in [4.69, 9.17) is 11.6 Å². The smallest absolute Gasteiger partial charge is 0.0847 e. The molecule has 0 aliphatic heterocycles. The second kappa shape index (κ2) is 6.29. The molecular formula is C17H29ClN2O. The Morgan fingerprint density at radius 2 is 2.05 bits per heavy atom. The largest absolute Gasteiger partial charge is 0.393 e. The van der Waals surface area contributed by atoms with Gasteiger partial charge in [0.05, 0.1) is 22.5 Å². The highest BCUT2D eigenvalue weighted by Crippen LogP contribution is 2.43. The molecular weight excluding hydrogens is 284 g/mol. The molecule has 1 N–H and O–H groups in total. The highest BCUT2D eigenvalue weighted by Gasteiger charge is 2.39. The monoisotopic (exact) mass is 312 g/mol. The Morgan fingerprint density at radius 3 is 2.62 bits per heavy atom. The Kier molecular flexibility index (Phi) is 5.04. The molecule has 0 bridgehead atoms. The Bertz CT molecular complexity index is 495. The molecule has 0 spiro atoms. The van der Waals surface area contributed by atoms with E-state index in [2.05, 4.69) is 32.8 Å². The zero-order valence-electron chi connectivity index (χ0n) is 14.0. The van der Waals surface area contributed by atoms with Crippen LogP contribution in [-0.4, -0.2) is 21.0 Å². The summed E-state index contributed by atoms with van der Waals surface area (Å²) >= 11 is 6.45. The first-order valence-electron chi connectivity index (χ1n) is 8.16. The number of hydrogen-bond acceptors (Lipinski definition) is 2. The van der Waals surface area contributed by atoms with Crippen molar-refractivity contribution in [2.75, 3.05) is 0 Å². The van der Waals surface area contributed by atoms with E-state index in [9.17, 15) is 5.11 Å². The highest BCUT2D eigenvalue weighted by molar-refractivity contribution is 6.31. The van der Waals surface area contributed by atoms with Gasteiger partial charge >= 0.3 is 0 Å². The van der Waals surface area contributed by atoms with Crippen LogP contribution in [0, 0.1) is 24.2 Å². The minimum Gasteiger partial charge on any atom is -0.393 e. The second-order valence-corrected chi connectivity index (χ2v) is 7.80. The van der Waals surface area contributed by atoms with Crippen LogP contribution >= 0.6 is 11.6 Å². The van der Waals surface area contributed by atoms with E-state index in [1.807, 2.05) is 11.6 Å². The van der Waals surface area contributed by atoms with Gasteiger partial charge in [0.25, 0.3) is 0 Å². The predicted molar refractivity (Wildman–Crippen MR) is 87.6 cm³/mol. The van der Waals surface area contributed by atoms with Gasteiger partial charge in [-0.2, -0.15) is 5.10 Å². The standard InChI is InChI=1S/C17H29ClN2O/c1-6-20-14(16(18)12(3)19-20)10-17(4,5)13-8-7-11(2)9-15(13)21/h11,13,15,21H,6-10H2,1-5H3. The lowest BCUT2D eigenvalue weighted by atomic mass is 9.65. The molecule has 1 aliphatic rings. The molecule has 4 heteroatoms. The zero-order chi connectivity index (χ0) is 15.8. The molecule has 0 amide bonds. The molecule has 1 saturated carbocycles. The molecule has 0 saturated heterocycles. The van der Waals surface area contributed by atoms with Crippen molar-refractivity contribution in [3.63, 3.8) is 0 Å². The minimum absolute atomic E-state index is 0.0303. The van der Waals surface area contributed by atoms with Gasteiger partial charge in [-0.05, 0) is 50.4 Å². The number of rotatable bonds is 4. The topological polar surface area (TPSA) is 38.0 Å². The number of aliphatic hydroxyl groups excluding tert-OH is 1. The third-order valence-electron chi connectivity index (χ3n) is 5.16. The molecule has 1 aromatic rings. The van der Waals surface area contributed by atoms with Gasteiger partial charge in [-0.3, -0.25) is 4.68 Å². The van der Waals surface area contributed by atoms with Crippen molar-refractivity contribution in [2.24, 2.45) is 17.3 Å². The SMILES string of the molecule is CCn1nc(C)c(Cl)c1CC(C)(C)C1CCC(C)CC1O. The molecule has 1 fully saturated rings. The van der Waals surface area contributed by atoms with Crippen LogP contribution in [0.4, 0.5) is 0 Å². The van der Waals surface area contributed by atoms with Crippen LogP contribution in [0.5, 0.6) is 0 Å². The summed E-state index contributed by atoms with van der Waals surface area (Å²) in [6, 6.07) is 0. The molecule has 1 heterocycles. The molecule has 3 atom stereocenters. The molecule has 3 nitrogen and oxygen atoms in total. The van der Waals surface area contributed by atoms with Crippen molar-refractivity contribution >= 4 is 11.6 Å². The lowest BCUT2D eigenvalue weighted by Crippen LogP contribution is -2.40. The maximum absolute atomic E-state index is 10.5.